The van der Waals surface area contributed by atoms with Crippen LogP contribution in [0.4, 0.5) is 4.39 Å². The molecule has 1 aliphatic heterocycles. The lowest BCUT2D eigenvalue weighted by molar-refractivity contribution is 0.0648. The van der Waals surface area contributed by atoms with Gasteiger partial charge in [-0.15, -0.1) is 5.10 Å². The van der Waals surface area contributed by atoms with Gasteiger partial charge in [0.15, 0.2) is 0 Å². The summed E-state index contributed by atoms with van der Waals surface area (Å²) in [5.41, 5.74) is 1.90. The molecule has 2 aromatic heterocycles. The number of carbonyl (C=O) groups is 1. The number of aromatic amines is 1. The lowest BCUT2D eigenvalue weighted by Gasteiger charge is -2.22. The molecule has 2 atom stereocenters. The topological polar surface area (TPSA) is 113 Å². The monoisotopic (exact) mass is 463 g/mol. The number of nitrogens with one attached hydrogen (secondary N) is 1. The van der Waals surface area contributed by atoms with Crippen LogP contribution >= 0.6 is 0 Å². The first-order chi connectivity index (χ1) is 16.5. The van der Waals surface area contributed by atoms with E-state index in [2.05, 4.69) is 15.3 Å². The van der Waals surface area contributed by atoms with E-state index >= 15 is 0 Å². The van der Waals surface area contributed by atoms with Crippen molar-refractivity contribution in [1.82, 2.24) is 24.9 Å². The Morgan fingerprint density at radius 3 is 2.76 bits per heavy atom. The van der Waals surface area contributed by atoms with Crippen LogP contribution in [-0.2, 0) is 4.74 Å². The molecule has 9 nitrogen and oxygen atoms in total. The Morgan fingerprint density at radius 2 is 2.03 bits per heavy atom. The van der Waals surface area contributed by atoms with Crippen molar-refractivity contribution in [1.29, 1.82) is 0 Å². The zero-order chi connectivity index (χ0) is 23.8. The van der Waals surface area contributed by atoms with Crippen molar-refractivity contribution in [2.45, 2.75) is 18.6 Å². The smallest absolute Gasteiger partial charge is 0.258 e. The number of carbonyl (C=O) groups excluding carboxylic acids is 1. The van der Waals surface area contributed by atoms with Crippen LogP contribution in [0.5, 0.6) is 0 Å². The van der Waals surface area contributed by atoms with Crippen LogP contribution in [0.25, 0.3) is 27.8 Å². The van der Waals surface area contributed by atoms with E-state index in [0.29, 0.717) is 40.8 Å². The largest absolute Gasteiger partial charge is 0.394 e. The molecule has 0 bridgehead atoms. The number of aromatic nitrogens is 4. The van der Waals surface area contributed by atoms with E-state index in [4.69, 9.17) is 4.74 Å². The molecular weight excluding hydrogens is 441 g/mol. The molecule has 0 unspecified atom stereocenters. The number of hydrogen-bond donors (Lipinski definition) is 2. The van der Waals surface area contributed by atoms with E-state index in [0.717, 1.165) is 0 Å². The van der Waals surface area contributed by atoms with Crippen LogP contribution in [-0.4, -0.2) is 68.3 Å². The third-order valence-corrected chi connectivity index (χ3v) is 6.14. The first kappa shape index (κ1) is 21.9. The number of rotatable bonds is 5. The Labute approximate surface area is 193 Å². The minimum absolute atomic E-state index is 0.0938. The molecule has 1 saturated heterocycles. The molecule has 4 aromatic rings. The van der Waals surface area contributed by atoms with Gasteiger partial charge in [-0.25, -0.2) is 9.07 Å². The molecule has 2 aromatic carbocycles. The second-order valence-corrected chi connectivity index (χ2v) is 8.23. The zero-order valence-electron chi connectivity index (χ0n) is 18.3. The average molecular weight is 463 g/mol. The number of methoxy groups -OCH3 is 1. The third-order valence-electron chi connectivity index (χ3n) is 6.14. The quantitative estimate of drug-likeness (QED) is 0.469. The second-order valence-electron chi connectivity index (χ2n) is 8.23. The highest BCUT2D eigenvalue weighted by molar-refractivity contribution is 5.95. The summed E-state index contributed by atoms with van der Waals surface area (Å²) in [5.74, 6) is -0.583. The molecule has 5 rings (SSSR count). The fourth-order valence-electron chi connectivity index (χ4n) is 4.27. The number of fused-ring (bicyclic) bond motifs is 1. The number of amides is 1. The van der Waals surface area contributed by atoms with Crippen LogP contribution in [0.15, 0.2) is 59.5 Å². The van der Waals surface area contributed by atoms with Crippen molar-refractivity contribution in [3.8, 4) is 16.9 Å². The molecule has 0 aliphatic carbocycles. The van der Waals surface area contributed by atoms with Crippen molar-refractivity contribution < 1.29 is 19.0 Å². The summed E-state index contributed by atoms with van der Waals surface area (Å²) >= 11 is 0. The van der Waals surface area contributed by atoms with Crippen molar-refractivity contribution in [3.05, 3.63) is 76.5 Å². The van der Waals surface area contributed by atoms with Crippen molar-refractivity contribution in [2.75, 3.05) is 20.3 Å². The molecule has 2 N–H and O–H groups in total. The van der Waals surface area contributed by atoms with E-state index in [1.165, 1.54) is 22.9 Å². The standard InChI is InChI=1S/C24H22FN5O4/c1-34-19-10-18(13-31)29(11-19)24(33)14-2-5-17(6-3-14)30-12-22(27-28-30)20-9-15-8-16(25)4-7-21(15)26-23(20)32/h2-9,12,18-19,31H,10-11,13H2,1H3,(H,26,32)/t18-,19-/m1/s1. The Kier molecular flexibility index (Phi) is 5.68. The second kappa shape index (κ2) is 8.81. The fourth-order valence-corrected chi connectivity index (χ4v) is 4.27. The maximum atomic E-state index is 13.6. The molecule has 0 radical (unpaired) electrons. The molecule has 1 fully saturated rings. The summed E-state index contributed by atoms with van der Waals surface area (Å²) < 4.78 is 20.4. The summed E-state index contributed by atoms with van der Waals surface area (Å²) in [6.07, 6.45) is 2.10. The number of aliphatic hydroxyl groups is 1. The van der Waals surface area contributed by atoms with Crippen LogP contribution in [0, 0.1) is 5.82 Å². The number of pyridine rings is 1. The zero-order valence-corrected chi connectivity index (χ0v) is 18.3. The van der Waals surface area contributed by atoms with Gasteiger partial charge in [0.25, 0.3) is 11.5 Å². The minimum atomic E-state index is -0.402. The van der Waals surface area contributed by atoms with Gasteiger partial charge in [0, 0.05) is 30.1 Å². The Bertz CT molecular complexity index is 1420. The fraction of sp³-hybridized carbons (Fsp3) is 0.250. The number of H-pyrrole nitrogens is 1. The van der Waals surface area contributed by atoms with Gasteiger partial charge < -0.3 is 19.7 Å². The Morgan fingerprint density at radius 1 is 1.24 bits per heavy atom. The van der Waals surface area contributed by atoms with Gasteiger partial charge in [-0.2, -0.15) is 0 Å². The predicted octanol–water partition coefficient (Wildman–Crippen LogP) is 2.14. The summed E-state index contributed by atoms with van der Waals surface area (Å²) in [6, 6.07) is 12.2. The lowest BCUT2D eigenvalue weighted by Crippen LogP contribution is -2.38. The maximum Gasteiger partial charge on any atom is 0.258 e. The van der Waals surface area contributed by atoms with Gasteiger partial charge in [0.2, 0.25) is 0 Å². The van der Waals surface area contributed by atoms with Gasteiger partial charge in [-0.1, -0.05) is 5.21 Å². The molecule has 174 valence electrons. The molecule has 0 spiro atoms. The van der Waals surface area contributed by atoms with Crippen LogP contribution in [0.2, 0.25) is 0 Å². The van der Waals surface area contributed by atoms with Gasteiger partial charge in [0.1, 0.15) is 11.5 Å². The normalized spacial score (nSPS) is 18.0. The number of ether oxygens (including phenoxy) is 1. The SMILES string of the molecule is CO[C@@H]1C[C@H](CO)N(C(=O)c2ccc(-n3cc(-c4cc5cc(F)ccc5[nH]c4=O)nn3)cc2)C1. The van der Waals surface area contributed by atoms with Crippen LogP contribution < -0.4 is 5.56 Å². The number of halogens is 1. The van der Waals surface area contributed by atoms with Crippen LogP contribution in [0.1, 0.15) is 16.8 Å². The molecular formula is C24H22FN5O4. The van der Waals surface area contributed by atoms with Gasteiger partial charge >= 0.3 is 0 Å². The predicted molar refractivity (Wildman–Crippen MR) is 122 cm³/mol. The van der Waals surface area contributed by atoms with E-state index < -0.39 is 5.82 Å². The highest BCUT2D eigenvalue weighted by atomic mass is 19.1. The van der Waals surface area contributed by atoms with E-state index in [-0.39, 0.29) is 35.8 Å². The third kappa shape index (κ3) is 3.97. The van der Waals surface area contributed by atoms with E-state index in [1.54, 1.807) is 48.5 Å². The minimum Gasteiger partial charge on any atom is -0.394 e. The number of benzene rings is 2. The number of aliphatic hydroxyl groups excluding tert-OH is 1. The molecule has 34 heavy (non-hydrogen) atoms. The highest BCUT2D eigenvalue weighted by Gasteiger charge is 2.35. The van der Waals surface area contributed by atoms with Gasteiger partial charge in [-0.3, -0.25) is 9.59 Å². The van der Waals surface area contributed by atoms with Crippen molar-refractivity contribution in [2.24, 2.45) is 0 Å². The molecule has 1 aliphatic rings. The van der Waals surface area contributed by atoms with Crippen LogP contribution in [0.3, 0.4) is 0 Å². The summed E-state index contributed by atoms with van der Waals surface area (Å²) in [7, 11) is 1.60. The summed E-state index contributed by atoms with van der Waals surface area (Å²) in [5, 5.41) is 18.4. The molecule has 1 amide bonds. The first-order valence-corrected chi connectivity index (χ1v) is 10.8. The van der Waals surface area contributed by atoms with Crippen molar-refractivity contribution >= 4 is 16.8 Å². The van der Waals surface area contributed by atoms with Gasteiger partial charge in [0.05, 0.1) is 36.2 Å². The Balaban J connectivity index is 1.39. The molecule has 10 heteroatoms. The maximum absolute atomic E-state index is 13.6. The summed E-state index contributed by atoms with van der Waals surface area (Å²) in [4.78, 5) is 29.8. The lowest BCUT2D eigenvalue weighted by atomic mass is 10.1. The molecule has 3 heterocycles. The van der Waals surface area contributed by atoms with E-state index in [1.807, 2.05) is 0 Å². The number of likely N-dealkylation sites (tertiary alicyclic amines) is 1. The Hall–Kier alpha value is -3.89. The highest BCUT2D eigenvalue weighted by Crippen LogP contribution is 2.23. The first-order valence-electron chi connectivity index (χ1n) is 10.8. The van der Waals surface area contributed by atoms with Gasteiger partial charge in [-0.05, 0) is 55.0 Å². The number of nitrogens with zero attached hydrogens (tertiary/aromatic N) is 4. The molecule has 0 saturated carbocycles. The van der Waals surface area contributed by atoms with E-state index in [9.17, 15) is 19.1 Å². The van der Waals surface area contributed by atoms with Crippen molar-refractivity contribution in [3.63, 3.8) is 0 Å². The number of hydrogen-bond acceptors (Lipinski definition) is 6. The summed E-state index contributed by atoms with van der Waals surface area (Å²) in [6.45, 7) is 0.310. The average Bonchev–Trinajstić information content (AvgIpc) is 3.51.